The first-order valence-electron chi connectivity index (χ1n) is 9.97. The standard InChI is InChI=1S/C20H32N4O2/c1-14-5-9-23(10-6-14)20(26)18-7-11-22(12-8-18)19(25)17(4)24-16(3)13-15(2)21-24/h13-14,17-18H,5-12H2,1-4H3. The highest BCUT2D eigenvalue weighted by atomic mass is 16.2. The normalized spacial score (nSPS) is 21.1. The van der Waals surface area contributed by atoms with E-state index in [2.05, 4.69) is 12.0 Å². The van der Waals surface area contributed by atoms with Gasteiger partial charge in [-0.05, 0) is 58.4 Å². The van der Waals surface area contributed by atoms with Gasteiger partial charge in [0.05, 0.1) is 5.69 Å². The number of carbonyl (C=O) groups excluding carboxylic acids is 2. The minimum absolute atomic E-state index is 0.0800. The SMILES string of the molecule is Cc1cc(C)n(C(C)C(=O)N2CCC(C(=O)N3CCC(C)CC3)CC2)n1. The molecule has 0 N–H and O–H groups in total. The van der Waals surface area contributed by atoms with Crippen molar-refractivity contribution in [3.8, 4) is 0 Å². The van der Waals surface area contributed by atoms with E-state index >= 15 is 0 Å². The molecule has 0 aromatic carbocycles. The minimum atomic E-state index is -0.292. The molecule has 6 nitrogen and oxygen atoms in total. The molecule has 26 heavy (non-hydrogen) atoms. The number of nitrogens with zero attached hydrogens (tertiary/aromatic N) is 4. The van der Waals surface area contributed by atoms with Gasteiger partial charge in [0.2, 0.25) is 11.8 Å². The van der Waals surface area contributed by atoms with Crippen LogP contribution >= 0.6 is 0 Å². The van der Waals surface area contributed by atoms with E-state index in [-0.39, 0.29) is 17.9 Å². The molecule has 0 saturated carbocycles. The summed E-state index contributed by atoms with van der Waals surface area (Å²) in [5.41, 5.74) is 1.94. The third-order valence-electron chi connectivity index (χ3n) is 6.02. The van der Waals surface area contributed by atoms with Crippen molar-refractivity contribution in [2.45, 2.75) is 59.4 Å². The zero-order valence-electron chi connectivity index (χ0n) is 16.6. The molecule has 0 radical (unpaired) electrons. The molecule has 1 aromatic heterocycles. The lowest BCUT2D eigenvalue weighted by molar-refractivity contribution is -0.143. The number of aryl methyl sites for hydroxylation is 2. The third kappa shape index (κ3) is 3.94. The Labute approximate surface area is 156 Å². The Kier molecular flexibility index (Phi) is 5.68. The molecular formula is C20H32N4O2. The van der Waals surface area contributed by atoms with Crippen LogP contribution in [-0.2, 0) is 9.59 Å². The maximum Gasteiger partial charge on any atom is 0.247 e. The average Bonchev–Trinajstić information content (AvgIpc) is 2.99. The van der Waals surface area contributed by atoms with Crippen molar-refractivity contribution >= 4 is 11.8 Å². The Bertz CT molecular complexity index is 653. The van der Waals surface area contributed by atoms with Gasteiger partial charge in [0.1, 0.15) is 6.04 Å². The van der Waals surface area contributed by atoms with E-state index in [0.717, 1.165) is 56.1 Å². The van der Waals surface area contributed by atoms with Crippen molar-refractivity contribution in [3.63, 3.8) is 0 Å². The second-order valence-electron chi connectivity index (χ2n) is 8.16. The highest BCUT2D eigenvalue weighted by molar-refractivity contribution is 5.82. The summed E-state index contributed by atoms with van der Waals surface area (Å²) in [5.74, 6) is 1.22. The van der Waals surface area contributed by atoms with Crippen molar-refractivity contribution in [3.05, 3.63) is 17.5 Å². The Morgan fingerprint density at radius 3 is 2.15 bits per heavy atom. The highest BCUT2D eigenvalue weighted by Gasteiger charge is 2.33. The summed E-state index contributed by atoms with van der Waals surface area (Å²) in [7, 11) is 0. The van der Waals surface area contributed by atoms with Gasteiger partial charge in [-0.2, -0.15) is 5.10 Å². The Morgan fingerprint density at radius 2 is 1.62 bits per heavy atom. The first-order valence-corrected chi connectivity index (χ1v) is 9.97. The Balaban J connectivity index is 1.53. The fourth-order valence-corrected chi connectivity index (χ4v) is 4.24. The van der Waals surface area contributed by atoms with Crippen LogP contribution in [0.1, 0.15) is 57.0 Å². The summed E-state index contributed by atoms with van der Waals surface area (Å²) in [4.78, 5) is 29.5. The number of piperidine rings is 2. The average molecular weight is 361 g/mol. The molecule has 0 bridgehead atoms. The number of amides is 2. The van der Waals surface area contributed by atoms with E-state index in [9.17, 15) is 9.59 Å². The summed E-state index contributed by atoms with van der Waals surface area (Å²) in [6.07, 6.45) is 3.79. The number of hydrogen-bond donors (Lipinski definition) is 0. The van der Waals surface area contributed by atoms with Crippen LogP contribution in [-0.4, -0.2) is 57.6 Å². The highest BCUT2D eigenvalue weighted by Crippen LogP contribution is 2.25. The summed E-state index contributed by atoms with van der Waals surface area (Å²) in [6.45, 7) is 11.2. The molecule has 6 heteroatoms. The van der Waals surface area contributed by atoms with E-state index in [1.54, 1.807) is 0 Å². The first-order chi connectivity index (χ1) is 12.4. The number of aromatic nitrogens is 2. The smallest absolute Gasteiger partial charge is 0.247 e. The fraction of sp³-hybridized carbons (Fsp3) is 0.750. The molecule has 0 spiro atoms. The van der Waals surface area contributed by atoms with Crippen molar-refractivity contribution in [2.75, 3.05) is 26.2 Å². The van der Waals surface area contributed by atoms with Gasteiger partial charge in [-0.3, -0.25) is 14.3 Å². The van der Waals surface area contributed by atoms with E-state index < -0.39 is 0 Å². The van der Waals surface area contributed by atoms with E-state index in [0.29, 0.717) is 19.0 Å². The van der Waals surface area contributed by atoms with Gasteiger partial charge >= 0.3 is 0 Å². The largest absolute Gasteiger partial charge is 0.342 e. The van der Waals surface area contributed by atoms with E-state index in [1.165, 1.54) is 0 Å². The summed E-state index contributed by atoms with van der Waals surface area (Å²) in [6, 6.07) is 1.70. The molecule has 1 aromatic rings. The van der Waals surface area contributed by atoms with Crippen molar-refractivity contribution in [1.29, 1.82) is 0 Å². The van der Waals surface area contributed by atoms with Crippen molar-refractivity contribution in [2.24, 2.45) is 11.8 Å². The molecular weight excluding hydrogens is 328 g/mol. The maximum atomic E-state index is 12.8. The molecule has 1 unspecified atom stereocenters. The van der Waals surface area contributed by atoms with Gasteiger partial charge in [0, 0.05) is 37.8 Å². The molecule has 144 valence electrons. The molecule has 3 heterocycles. The number of hydrogen-bond acceptors (Lipinski definition) is 3. The molecule has 0 aliphatic carbocycles. The lowest BCUT2D eigenvalue weighted by Crippen LogP contribution is -2.47. The summed E-state index contributed by atoms with van der Waals surface area (Å²) in [5, 5.41) is 4.44. The van der Waals surface area contributed by atoms with Crippen LogP contribution in [0.25, 0.3) is 0 Å². The zero-order chi connectivity index (χ0) is 18.8. The second kappa shape index (κ2) is 7.80. The number of carbonyl (C=O) groups is 2. The third-order valence-corrected chi connectivity index (χ3v) is 6.02. The molecule has 2 aliphatic heterocycles. The van der Waals surface area contributed by atoms with Crippen LogP contribution in [0.5, 0.6) is 0 Å². The van der Waals surface area contributed by atoms with E-state index in [1.807, 2.05) is 41.3 Å². The van der Waals surface area contributed by atoms with Crippen molar-refractivity contribution < 1.29 is 9.59 Å². The molecule has 2 aliphatic rings. The molecule has 1 atom stereocenters. The van der Waals surface area contributed by atoms with E-state index in [4.69, 9.17) is 0 Å². The first kappa shape index (κ1) is 18.9. The molecule has 2 saturated heterocycles. The van der Waals surface area contributed by atoms with Gasteiger partial charge in [-0.1, -0.05) is 6.92 Å². The number of rotatable bonds is 3. The predicted octanol–water partition coefficient (Wildman–Crippen LogP) is 2.56. The second-order valence-corrected chi connectivity index (χ2v) is 8.16. The Morgan fingerprint density at radius 1 is 1.04 bits per heavy atom. The predicted molar refractivity (Wildman–Crippen MR) is 101 cm³/mol. The van der Waals surface area contributed by atoms with Gasteiger partial charge < -0.3 is 9.80 Å². The van der Waals surface area contributed by atoms with Crippen LogP contribution in [0.3, 0.4) is 0 Å². The molecule has 2 fully saturated rings. The topological polar surface area (TPSA) is 58.4 Å². The van der Waals surface area contributed by atoms with Crippen LogP contribution in [0.2, 0.25) is 0 Å². The fourth-order valence-electron chi connectivity index (χ4n) is 4.24. The van der Waals surface area contributed by atoms with Crippen LogP contribution in [0, 0.1) is 25.7 Å². The van der Waals surface area contributed by atoms with Crippen molar-refractivity contribution in [1.82, 2.24) is 19.6 Å². The van der Waals surface area contributed by atoms with Crippen LogP contribution in [0.4, 0.5) is 0 Å². The van der Waals surface area contributed by atoms with Gasteiger partial charge in [-0.25, -0.2) is 0 Å². The monoisotopic (exact) mass is 360 g/mol. The van der Waals surface area contributed by atoms with Crippen LogP contribution < -0.4 is 0 Å². The maximum absolute atomic E-state index is 12.8. The lowest BCUT2D eigenvalue weighted by Gasteiger charge is -2.37. The van der Waals surface area contributed by atoms with Gasteiger partial charge in [0.15, 0.2) is 0 Å². The lowest BCUT2D eigenvalue weighted by atomic mass is 9.92. The quantitative estimate of drug-likeness (QED) is 0.832. The molecule has 2 amide bonds. The Hall–Kier alpha value is -1.85. The molecule has 3 rings (SSSR count). The minimum Gasteiger partial charge on any atom is -0.342 e. The van der Waals surface area contributed by atoms with Gasteiger partial charge in [-0.15, -0.1) is 0 Å². The summed E-state index contributed by atoms with van der Waals surface area (Å²) >= 11 is 0. The summed E-state index contributed by atoms with van der Waals surface area (Å²) < 4.78 is 1.81. The number of likely N-dealkylation sites (tertiary alicyclic amines) is 2. The van der Waals surface area contributed by atoms with Crippen LogP contribution in [0.15, 0.2) is 6.07 Å². The zero-order valence-corrected chi connectivity index (χ0v) is 16.6. The van der Waals surface area contributed by atoms with Gasteiger partial charge in [0.25, 0.3) is 0 Å².